The zero-order valence-electron chi connectivity index (χ0n) is 14.7. The number of benzene rings is 2. The second-order valence-electron chi connectivity index (χ2n) is 6.36. The van der Waals surface area contributed by atoms with Gasteiger partial charge in [0.15, 0.2) is 0 Å². The maximum atomic E-state index is 12.7. The van der Waals surface area contributed by atoms with Crippen LogP contribution in [0.25, 0.3) is 10.9 Å². The van der Waals surface area contributed by atoms with Gasteiger partial charge >= 0.3 is 0 Å². The van der Waals surface area contributed by atoms with E-state index in [1.54, 1.807) is 0 Å². The van der Waals surface area contributed by atoms with E-state index in [2.05, 4.69) is 10.2 Å². The Morgan fingerprint density at radius 1 is 1.16 bits per heavy atom. The summed E-state index contributed by atoms with van der Waals surface area (Å²) in [6.45, 7) is 0.483. The van der Waals surface area contributed by atoms with Crippen LogP contribution in [0.2, 0.25) is 5.02 Å². The number of likely N-dealkylation sites (N-methyl/N-ethyl adjacent to an activating group) is 1. The fourth-order valence-corrected chi connectivity index (χ4v) is 3.36. The Hall–Kier alpha value is -2.30. The highest BCUT2D eigenvalue weighted by Crippen LogP contribution is 2.25. The van der Waals surface area contributed by atoms with E-state index in [1.165, 1.54) is 0 Å². The quantitative estimate of drug-likeness (QED) is 0.754. The molecule has 0 aliphatic rings. The number of aryl methyl sites for hydroxylation is 1. The predicted molar refractivity (Wildman–Crippen MR) is 103 cm³/mol. The Bertz CT molecular complexity index is 901. The van der Waals surface area contributed by atoms with E-state index >= 15 is 0 Å². The first-order valence-corrected chi connectivity index (χ1v) is 8.60. The van der Waals surface area contributed by atoms with Gasteiger partial charge < -0.3 is 14.8 Å². The Morgan fingerprint density at radius 2 is 1.84 bits per heavy atom. The van der Waals surface area contributed by atoms with Crippen LogP contribution in [0.5, 0.6) is 0 Å². The number of hydrogen-bond donors (Lipinski definition) is 1. The van der Waals surface area contributed by atoms with Gasteiger partial charge in [-0.15, -0.1) is 0 Å². The molecule has 1 aromatic heterocycles. The monoisotopic (exact) mass is 355 g/mol. The SMILES string of the molecule is CN(C)C(CNC(=O)c1cc2ccccc2n1C)c1ccccc1Cl. The summed E-state index contributed by atoms with van der Waals surface area (Å²) in [5, 5.41) is 4.82. The van der Waals surface area contributed by atoms with Crippen molar-refractivity contribution >= 4 is 28.4 Å². The molecule has 25 heavy (non-hydrogen) atoms. The molecule has 1 heterocycles. The molecule has 0 aliphatic heterocycles. The number of aromatic nitrogens is 1. The molecule has 0 bridgehead atoms. The van der Waals surface area contributed by atoms with Gasteiger partial charge in [-0.2, -0.15) is 0 Å². The van der Waals surface area contributed by atoms with Gasteiger partial charge in [-0.05, 0) is 37.9 Å². The Kier molecular flexibility index (Phi) is 5.11. The summed E-state index contributed by atoms with van der Waals surface area (Å²) in [5.41, 5.74) is 2.70. The van der Waals surface area contributed by atoms with Crippen molar-refractivity contribution in [2.24, 2.45) is 7.05 Å². The number of nitrogens with zero attached hydrogens (tertiary/aromatic N) is 2. The first-order valence-electron chi connectivity index (χ1n) is 8.22. The second kappa shape index (κ2) is 7.30. The van der Waals surface area contributed by atoms with Crippen LogP contribution in [0, 0.1) is 0 Å². The van der Waals surface area contributed by atoms with Gasteiger partial charge in [-0.3, -0.25) is 4.79 Å². The van der Waals surface area contributed by atoms with Gasteiger partial charge in [-0.25, -0.2) is 0 Å². The fraction of sp³-hybridized carbons (Fsp3) is 0.250. The zero-order valence-corrected chi connectivity index (χ0v) is 15.4. The molecule has 1 N–H and O–H groups in total. The third kappa shape index (κ3) is 3.55. The number of amides is 1. The van der Waals surface area contributed by atoms with Crippen LogP contribution in [0.3, 0.4) is 0 Å². The minimum atomic E-state index is -0.0856. The third-order valence-corrected chi connectivity index (χ3v) is 4.87. The van der Waals surface area contributed by atoms with Crippen molar-refractivity contribution in [1.82, 2.24) is 14.8 Å². The summed E-state index contributed by atoms with van der Waals surface area (Å²) in [7, 11) is 5.88. The first kappa shape index (κ1) is 17.5. The van der Waals surface area contributed by atoms with Crippen molar-refractivity contribution < 1.29 is 4.79 Å². The molecule has 0 fully saturated rings. The maximum Gasteiger partial charge on any atom is 0.267 e. The number of halogens is 1. The molecular formula is C20H22ClN3O. The molecule has 5 heteroatoms. The highest BCUT2D eigenvalue weighted by molar-refractivity contribution is 6.31. The number of nitrogens with one attached hydrogen (secondary N) is 1. The number of hydrogen-bond acceptors (Lipinski definition) is 2. The summed E-state index contributed by atoms with van der Waals surface area (Å²) in [5.74, 6) is -0.0856. The standard InChI is InChI=1S/C20H22ClN3O/c1-23(2)19(15-9-5-6-10-16(15)21)13-22-20(25)18-12-14-8-4-7-11-17(14)24(18)3/h4-12,19H,13H2,1-3H3,(H,22,25). The molecule has 4 nitrogen and oxygen atoms in total. The number of carbonyl (C=O) groups excluding carboxylic acids is 1. The Balaban J connectivity index is 1.80. The maximum absolute atomic E-state index is 12.7. The molecule has 1 amide bonds. The summed E-state index contributed by atoms with van der Waals surface area (Å²) in [4.78, 5) is 14.8. The molecule has 3 aromatic rings. The summed E-state index contributed by atoms with van der Waals surface area (Å²) < 4.78 is 1.92. The van der Waals surface area contributed by atoms with E-state index in [4.69, 9.17) is 11.6 Å². The Labute approximate surface area is 153 Å². The van der Waals surface area contributed by atoms with Gasteiger partial charge in [-0.1, -0.05) is 48.0 Å². The lowest BCUT2D eigenvalue weighted by atomic mass is 10.1. The van der Waals surface area contributed by atoms with Crippen LogP contribution in [-0.2, 0) is 7.05 Å². The Morgan fingerprint density at radius 3 is 2.52 bits per heavy atom. The molecule has 0 spiro atoms. The van der Waals surface area contributed by atoms with Crippen molar-refractivity contribution in [3.8, 4) is 0 Å². The van der Waals surface area contributed by atoms with Crippen LogP contribution in [0.1, 0.15) is 22.1 Å². The van der Waals surface area contributed by atoms with E-state index in [1.807, 2.05) is 80.3 Å². The highest BCUT2D eigenvalue weighted by Gasteiger charge is 2.19. The molecule has 3 rings (SSSR count). The van der Waals surface area contributed by atoms with Gasteiger partial charge in [0.05, 0.1) is 6.04 Å². The number of rotatable bonds is 5. The van der Waals surface area contributed by atoms with Gasteiger partial charge in [0.2, 0.25) is 0 Å². The molecule has 0 saturated heterocycles. The largest absolute Gasteiger partial charge is 0.349 e. The van der Waals surface area contributed by atoms with Crippen molar-refractivity contribution in [3.63, 3.8) is 0 Å². The highest BCUT2D eigenvalue weighted by atomic mass is 35.5. The third-order valence-electron chi connectivity index (χ3n) is 4.53. The van der Waals surface area contributed by atoms with Crippen LogP contribution < -0.4 is 5.32 Å². The lowest BCUT2D eigenvalue weighted by Crippen LogP contribution is -2.35. The summed E-state index contributed by atoms with van der Waals surface area (Å²) in [6.07, 6.45) is 0. The second-order valence-corrected chi connectivity index (χ2v) is 6.77. The van der Waals surface area contributed by atoms with Crippen molar-refractivity contribution in [3.05, 3.63) is 70.9 Å². The molecule has 2 aromatic carbocycles. The average Bonchev–Trinajstić information content (AvgIpc) is 2.93. The minimum Gasteiger partial charge on any atom is -0.349 e. The molecule has 1 unspecified atom stereocenters. The van der Waals surface area contributed by atoms with E-state index in [-0.39, 0.29) is 11.9 Å². The van der Waals surface area contributed by atoms with Gasteiger partial charge in [0.25, 0.3) is 5.91 Å². The normalized spacial score (nSPS) is 12.5. The predicted octanol–water partition coefficient (Wildman–Crippen LogP) is 3.86. The van der Waals surface area contributed by atoms with Crippen molar-refractivity contribution in [2.45, 2.75) is 6.04 Å². The molecule has 1 atom stereocenters. The van der Waals surface area contributed by atoms with E-state index in [0.29, 0.717) is 17.3 Å². The van der Waals surface area contributed by atoms with Crippen molar-refractivity contribution in [1.29, 1.82) is 0 Å². The van der Waals surface area contributed by atoms with Crippen LogP contribution in [0.15, 0.2) is 54.6 Å². The van der Waals surface area contributed by atoms with Gasteiger partial charge in [0.1, 0.15) is 5.69 Å². The minimum absolute atomic E-state index is 0.00679. The summed E-state index contributed by atoms with van der Waals surface area (Å²) in [6, 6.07) is 17.6. The van der Waals surface area contributed by atoms with Gasteiger partial charge in [0, 0.05) is 29.5 Å². The first-order chi connectivity index (χ1) is 12.0. The van der Waals surface area contributed by atoms with Crippen LogP contribution in [-0.4, -0.2) is 36.0 Å². The molecule has 130 valence electrons. The van der Waals surface area contributed by atoms with E-state index in [0.717, 1.165) is 16.5 Å². The lowest BCUT2D eigenvalue weighted by molar-refractivity contribution is 0.0934. The number of carbonyl (C=O) groups is 1. The van der Waals surface area contributed by atoms with E-state index < -0.39 is 0 Å². The topological polar surface area (TPSA) is 37.3 Å². The number of fused-ring (bicyclic) bond motifs is 1. The van der Waals surface area contributed by atoms with Crippen LogP contribution in [0.4, 0.5) is 0 Å². The smallest absolute Gasteiger partial charge is 0.267 e. The molecule has 0 radical (unpaired) electrons. The zero-order chi connectivity index (χ0) is 18.0. The van der Waals surface area contributed by atoms with E-state index in [9.17, 15) is 4.79 Å². The lowest BCUT2D eigenvalue weighted by Gasteiger charge is -2.26. The molecule has 0 saturated carbocycles. The summed E-state index contributed by atoms with van der Waals surface area (Å²) >= 11 is 6.33. The molecule has 0 aliphatic carbocycles. The molecular weight excluding hydrogens is 334 g/mol. The van der Waals surface area contributed by atoms with Crippen molar-refractivity contribution in [2.75, 3.05) is 20.6 Å². The van der Waals surface area contributed by atoms with Crippen LogP contribution >= 0.6 is 11.6 Å². The average molecular weight is 356 g/mol. The number of para-hydroxylation sites is 1. The fourth-order valence-electron chi connectivity index (χ4n) is 3.10.